The normalized spacial score (nSPS) is 23.7. The minimum atomic E-state index is -0.602. The molecule has 0 aromatic heterocycles. The number of hydrogen-bond acceptors (Lipinski definition) is 4. The summed E-state index contributed by atoms with van der Waals surface area (Å²) in [5, 5.41) is 5.90. The van der Waals surface area contributed by atoms with Crippen LogP contribution in [0, 0.1) is 0 Å². The molecule has 2 aliphatic heterocycles. The van der Waals surface area contributed by atoms with Gasteiger partial charge < -0.3 is 20.1 Å². The summed E-state index contributed by atoms with van der Waals surface area (Å²) in [5.74, 6) is -0.472. The molecule has 0 bridgehead atoms. The first-order chi connectivity index (χ1) is 11.5. The lowest BCUT2D eigenvalue weighted by molar-refractivity contribution is -0.142. The molecule has 2 amide bonds. The van der Waals surface area contributed by atoms with E-state index < -0.39 is 12.0 Å². The van der Waals surface area contributed by atoms with Crippen molar-refractivity contribution in [2.24, 2.45) is 0 Å². The molecule has 0 saturated carbocycles. The van der Waals surface area contributed by atoms with Crippen LogP contribution in [0.15, 0.2) is 35.5 Å². The van der Waals surface area contributed by atoms with E-state index >= 15 is 0 Å². The number of nitrogens with one attached hydrogen (secondary N) is 2. The van der Waals surface area contributed by atoms with Crippen LogP contribution in [-0.2, 0) is 14.3 Å². The summed E-state index contributed by atoms with van der Waals surface area (Å²) in [4.78, 5) is 24.4. The molecule has 2 N–H and O–H groups in total. The van der Waals surface area contributed by atoms with Gasteiger partial charge in [-0.25, -0.2) is 9.59 Å². The molecule has 1 aromatic carbocycles. The highest BCUT2D eigenvalue weighted by molar-refractivity contribution is 6.30. The van der Waals surface area contributed by atoms with Crippen molar-refractivity contribution >= 4 is 23.6 Å². The Morgan fingerprint density at radius 1 is 1.46 bits per heavy atom. The molecular formula is C17H19ClN2O4. The van der Waals surface area contributed by atoms with Crippen LogP contribution < -0.4 is 10.6 Å². The number of urea groups is 1. The van der Waals surface area contributed by atoms with E-state index in [0.717, 1.165) is 18.4 Å². The lowest BCUT2D eigenvalue weighted by atomic mass is 9.95. The molecular weight excluding hydrogens is 332 g/mol. The topological polar surface area (TPSA) is 76.7 Å². The molecule has 1 fully saturated rings. The number of allylic oxidation sites excluding steroid dienone is 1. The predicted octanol–water partition coefficient (Wildman–Crippen LogP) is 2.69. The zero-order valence-corrected chi connectivity index (χ0v) is 14.1. The smallest absolute Gasteiger partial charge is 0.338 e. The van der Waals surface area contributed by atoms with Crippen molar-refractivity contribution in [3.05, 3.63) is 46.1 Å². The Kier molecular flexibility index (Phi) is 5.06. The number of hydrogen-bond donors (Lipinski definition) is 2. The van der Waals surface area contributed by atoms with Crippen molar-refractivity contribution < 1.29 is 19.1 Å². The van der Waals surface area contributed by atoms with E-state index in [1.807, 2.05) is 6.07 Å². The minimum absolute atomic E-state index is 0.0504. The maximum absolute atomic E-state index is 12.6. The highest BCUT2D eigenvalue weighted by Gasteiger charge is 2.32. The molecule has 3 rings (SSSR count). The molecule has 1 saturated heterocycles. The summed E-state index contributed by atoms with van der Waals surface area (Å²) in [7, 11) is 0. The number of rotatable bonds is 4. The second-order valence-electron chi connectivity index (χ2n) is 5.86. The lowest BCUT2D eigenvalue weighted by Crippen LogP contribution is -2.45. The van der Waals surface area contributed by atoms with Crippen molar-refractivity contribution in [3.8, 4) is 0 Å². The van der Waals surface area contributed by atoms with Gasteiger partial charge in [-0.15, -0.1) is 0 Å². The van der Waals surface area contributed by atoms with Crippen LogP contribution in [0.2, 0.25) is 5.02 Å². The van der Waals surface area contributed by atoms with Gasteiger partial charge in [-0.05, 0) is 37.5 Å². The van der Waals surface area contributed by atoms with Crippen molar-refractivity contribution in [1.82, 2.24) is 10.6 Å². The standard InChI is InChI=1S/C17H19ClN2O4/c1-10-14(16(21)24-9-13-6-3-7-23-13)15(20-17(22)19-10)11-4-2-5-12(18)8-11/h2,4-5,8,13,15H,3,6-7,9H2,1H3,(H2,19,20,22)/t13-,15+/m1/s1. The van der Waals surface area contributed by atoms with Gasteiger partial charge in [-0.2, -0.15) is 0 Å². The SMILES string of the molecule is CC1=C(C(=O)OC[C@H]2CCCO2)[C@H](c2cccc(Cl)c2)NC(=O)N1. The van der Waals surface area contributed by atoms with Crippen LogP contribution in [0.1, 0.15) is 31.4 Å². The average molecular weight is 351 g/mol. The molecule has 0 radical (unpaired) electrons. The van der Waals surface area contributed by atoms with Crippen molar-refractivity contribution in [2.75, 3.05) is 13.2 Å². The third-order valence-corrected chi connectivity index (χ3v) is 4.33. The fraction of sp³-hybridized carbons (Fsp3) is 0.412. The molecule has 0 unspecified atom stereocenters. The van der Waals surface area contributed by atoms with E-state index in [1.165, 1.54) is 0 Å². The first kappa shape index (κ1) is 16.8. The Morgan fingerprint density at radius 2 is 2.29 bits per heavy atom. The fourth-order valence-electron chi connectivity index (χ4n) is 2.92. The molecule has 6 nitrogen and oxygen atoms in total. The highest BCUT2D eigenvalue weighted by atomic mass is 35.5. The molecule has 0 spiro atoms. The summed E-state index contributed by atoms with van der Waals surface area (Å²) >= 11 is 6.03. The van der Waals surface area contributed by atoms with E-state index in [4.69, 9.17) is 21.1 Å². The zero-order valence-electron chi connectivity index (χ0n) is 13.3. The quantitative estimate of drug-likeness (QED) is 0.818. The van der Waals surface area contributed by atoms with Gasteiger partial charge in [-0.3, -0.25) is 0 Å². The molecule has 2 heterocycles. The van der Waals surface area contributed by atoms with Crippen molar-refractivity contribution in [1.29, 1.82) is 0 Å². The van der Waals surface area contributed by atoms with E-state index in [9.17, 15) is 9.59 Å². The Labute approximate surface area is 145 Å². The number of carbonyl (C=O) groups excluding carboxylic acids is 2. The number of amides is 2. The molecule has 2 aliphatic rings. The second-order valence-corrected chi connectivity index (χ2v) is 6.30. The summed E-state index contributed by atoms with van der Waals surface area (Å²) in [6, 6.07) is 6.07. The average Bonchev–Trinajstić information content (AvgIpc) is 3.05. The van der Waals surface area contributed by atoms with Crippen LogP contribution in [0.25, 0.3) is 0 Å². The van der Waals surface area contributed by atoms with Crippen LogP contribution in [0.4, 0.5) is 4.79 Å². The van der Waals surface area contributed by atoms with E-state index in [1.54, 1.807) is 25.1 Å². The van der Waals surface area contributed by atoms with Crippen LogP contribution in [-0.4, -0.2) is 31.3 Å². The molecule has 1 aromatic rings. The maximum Gasteiger partial charge on any atom is 0.338 e. The zero-order chi connectivity index (χ0) is 17.1. The Bertz CT molecular complexity index is 683. The Balaban J connectivity index is 1.81. The van der Waals surface area contributed by atoms with Gasteiger partial charge in [0.05, 0.1) is 17.7 Å². The van der Waals surface area contributed by atoms with Gasteiger partial charge in [0.2, 0.25) is 0 Å². The molecule has 128 valence electrons. The first-order valence-electron chi connectivity index (χ1n) is 7.87. The summed E-state index contributed by atoms with van der Waals surface area (Å²) in [6.45, 7) is 2.59. The summed E-state index contributed by atoms with van der Waals surface area (Å²) in [5.41, 5.74) is 1.57. The number of carbonyl (C=O) groups is 2. The van der Waals surface area contributed by atoms with Gasteiger partial charge in [0.25, 0.3) is 0 Å². The van der Waals surface area contributed by atoms with Gasteiger partial charge in [-0.1, -0.05) is 23.7 Å². The van der Waals surface area contributed by atoms with Gasteiger partial charge in [0.15, 0.2) is 0 Å². The Hall–Kier alpha value is -2.05. The summed E-state index contributed by atoms with van der Waals surface area (Å²) in [6.07, 6.45) is 1.82. The molecule has 0 aliphatic carbocycles. The number of benzene rings is 1. The van der Waals surface area contributed by atoms with Gasteiger partial charge >= 0.3 is 12.0 Å². The van der Waals surface area contributed by atoms with Crippen molar-refractivity contribution in [2.45, 2.75) is 31.9 Å². The Morgan fingerprint density at radius 3 is 3.00 bits per heavy atom. The number of esters is 1. The van der Waals surface area contributed by atoms with Crippen LogP contribution in [0.3, 0.4) is 0 Å². The van der Waals surface area contributed by atoms with Crippen LogP contribution in [0.5, 0.6) is 0 Å². The second kappa shape index (κ2) is 7.23. The van der Waals surface area contributed by atoms with Crippen LogP contribution >= 0.6 is 11.6 Å². The molecule has 2 atom stereocenters. The van der Waals surface area contributed by atoms with Gasteiger partial charge in [0, 0.05) is 17.3 Å². The lowest BCUT2D eigenvalue weighted by Gasteiger charge is -2.28. The minimum Gasteiger partial charge on any atom is -0.459 e. The van der Waals surface area contributed by atoms with E-state index in [-0.39, 0.29) is 18.7 Å². The number of ether oxygens (including phenoxy) is 2. The molecule has 24 heavy (non-hydrogen) atoms. The monoisotopic (exact) mass is 350 g/mol. The number of halogens is 1. The first-order valence-corrected chi connectivity index (χ1v) is 8.25. The van der Waals surface area contributed by atoms with E-state index in [0.29, 0.717) is 22.9 Å². The third-order valence-electron chi connectivity index (χ3n) is 4.10. The van der Waals surface area contributed by atoms with Crippen molar-refractivity contribution in [3.63, 3.8) is 0 Å². The fourth-order valence-corrected chi connectivity index (χ4v) is 3.12. The third kappa shape index (κ3) is 3.71. The highest BCUT2D eigenvalue weighted by Crippen LogP contribution is 2.29. The predicted molar refractivity (Wildman–Crippen MR) is 88.5 cm³/mol. The van der Waals surface area contributed by atoms with Gasteiger partial charge in [0.1, 0.15) is 6.61 Å². The largest absolute Gasteiger partial charge is 0.459 e. The molecule has 7 heteroatoms. The van der Waals surface area contributed by atoms with E-state index in [2.05, 4.69) is 10.6 Å². The maximum atomic E-state index is 12.6. The summed E-state index contributed by atoms with van der Waals surface area (Å²) < 4.78 is 10.9.